The van der Waals surface area contributed by atoms with Crippen molar-refractivity contribution >= 4 is 5.91 Å². The number of ether oxygens (including phenoxy) is 1. The number of rotatable bonds is 6. The summed E-state index contributed by atoms with van der Waals surface area (Å²) in [6.07, 6.45) is 3.11. The van der Waals surface area contributed by atoms with Crippen molar-refractivity contribution in [1.82, 2.24) is 15.5 Å². The van der Waals surface area contributed by atoms with E-state index >= 15 is 0 Å². The van der Waals surface area contributed by atoms with Crippen LogP contribution in [0.4, 0.5) is 0 Å². The van der Waals surface area contributed by atoms with E-state index in [1.54, 1.807) is 0 Å². The molecule has 104 valence electrons. The number of carbonyl (C=O) groups is 1. The second-order valence-corrected chi connectivity index (χ2v) is 5.45. The van der Waals surface area contributed by atoms with Gasteiger partial charge in [-0.15, -0.1) is 0 Å². The molecule has 1 aliphatic carbocycles. The van der Waals surface area contributed by atoms with Gasteiger partial charge in [0.05, 0.1) is 19.1 Å². The van der Waals surface area contributed by atoms with Gasteiger partial charge >= 0.3 is 0 Å². The van der Waals surface area contributed by atoms with Crippen LogP contribution in [-0.2, 0) is 9.53 Å². The van der Waals surface area contributed by atoms with Gasteiger partial charge in [0.15, 0.2) is 0 Å². The minimum Gasteiger partial charge on any atom is -0.375 e. The summed E-state index contributed by atoms with van der Waals surface area (Å²) < 4.78 is 5.52. The zero-order valence-electron chi connectivity index (χ0n) is 11.4. The number of hydrogen-bond donors (Lipinski definition) is 2. The Morgan fingerprint density at radius 2 is 2.33 bits per heavy atom. The van der Waals surface area contributed by atoms with Crippen molar-refractivity contribution in [2.75, 3.05) is 33.3 Å². The fraction of sp³-hybridized carbons (Fsp3) is 0.923. The number of nitrogens with zero attached hydrogens (tertiary/aromatic N) is 1. The summed E-state index contributed by atoms with van der Waals surface area (Å²) in [5.74, 6) is 0.0970. The quantitative estimate of drug-likeness (QED) is 0.699. The van der Waals surface area contributed by atoms with E-state index in [0.717, 1.165) is 25.7 Å². The summed E-state index contributed by atoms with van der Waals surface area (Å²) in [5.41, 5.74) is 0. The molecule has 0 spiro atoms. The number of amides is 1. The number of carbonyl (C=O) groups excluding carboxylic acids is 1. The van der Waals surface area contributed by atoms with Crippen LogP contribution in [0.25, 0.3) is 0 Å². The average molecular weight is 255 g/mol. The Kier molecular flexibility index (Phi) is 4.97. The molecule has 1 aliphatic heterocycles. The maximum atomic E-state index is 11.8. The molecule has 0 radical (unpaired) electrons. The summed E-state index contributed by atoms with van der Waals surface area (Å²) in [7, 11) is 2.14. The zero-order valence-corrected chi connectivity index (χ0v) is 11.4. The smallest absolute Gasteiger partial charge is 0.222 e. The second kappa shape index (κ2) is 6.50. The predicted molar refractivity (Wildman–Crippen MR) is 70.5 cm³/mol. The van der Waals surface area contributed by atoms with Crippen LogP contribution in [0.15, 0.2) is 0 Å². The highest BCUT2D eigenvalue weighted by molar-refractivity contribution is 5.76. The van der Waals surface area contributed by atoms with Gasteiger partial charge in [0.2, 0.25) is 5.91 Å². The number of hydrogen-bond acceptors (Lipinski definition) is 4. The molecule has 2 fully saturated rings. The van der Waals surface area contributed by atoms with E-state index in [0.29, 0.717) is 19.1 Å². The van der Waals surface area contributed by atoms with Crippen molar-refractivity contribution in [1.29, 1.82) is 0 Å². The lowest BCUT2D eigenvalue weighted by molar-refractivity contribution is -0.124. The Hall–Kier alpha value is -0.650. The Morgan fingerprint density at radius 3 is 2.94 bits per heavy atom. The summed E-state index contributed by atoms with van der Waals surface area (Å²) >= 11 is 0. The largest absolute Gasteiger partial charge is 0.375 e. The summed E-state index contributed by atoms with van der Waals surface area (Å²) in [4.78, 5) is 14.1. The van der Waals surface area contributed by atoms with Crippen LogP contribution in [0.3, 0.4) is 0 Å². The third kappa shape index (κ3) is 4.23. The number of morpholine rings is 1. The van der Waals surface area contributed by atoms with Gasteiger partial charge in [-0.25, -0.2) is 0 Å². The third-order valence-electron chi connectivity index (χ3n) is 3.83. The molecule has 5 nitrogen and oxygen atoms in total. The zero-order chi connectivity index (χ0) is 13.0. The minimum atomic E-state index is 0.0372. The lowest BCUT2D eigenvalue weighted by Crippen LogP contribution is -2.44. The molecule has 2 atom stereocenters. The van der Waals surface area contributed by atoms with Gasteiger partial charge in [-0.3, -0.25) is 9.69 Å². The molecule has 5 heteroatoms. The molecule has 1 amide bonds. The first-order chi connectivity index (χ1) is 8.66. The van der Waals surface area contributed by atoms with Crippen molar-refractivity contribution in [3.05, 3.63) is 0 Å². The minimum absolute atomic E-state index is 0.0372. The molecular formula is C13H25N3O2. The third-order valence-corrected chi connectivity index (χ3v) is 3.83. The molecule has 1 heterocycles. The molecule has 0 bridgehead atoms. The van der Waals surface area contributed by atoms with Crippen LogP contribution in [0.2, 0.25) is 0 Å². The van der Waals surface area contributed by atoms with Crippen LogP contribution in [0.5, 0.6) is 0 Å². The van der Waals surface area contributed by atoms with Crippen LogP contribution in [0.1, 0.15) is 26.2 Å². The molecule has 0 aromatic rings. The molecular weight excluding hydrogens is 230 g/mol. The SMILES string of the molecule is CC(CNC(=O)CC1CNCCO1)N(C)C1CC1. The lowest BCUT2D eigenvalue weighted by atomic mass is 10.2. The van der Waals surface area contributed by atoms with Crippen molar-refractivity contribution in [3.8, 4) is 0 Å². The van der Waals surface area contributed by atoms with Gasteiger partial charge in [0, 0.05) is 31.7 Å². The van der Waals surface area contributed by atoms with Gasteiger partial charge in [-0.05, 0) is 26.8 Å². The predicted octanol–water partition coefficient (Wildman–Crippen LogP) is -0.0362. The lowest BCUT2D eigenvalue weighted by Gasteiger charge is -2.26. The maximum Gasteiger partial charge on any atom is 0.222 e. The van der Waals surface area contributed by atoms with E-state index in [9.17, 15) is 4.79 Å². The summed E-state index contributed by atoms with van der Waals surface area (Å²) in [5, 5.41) is 6.24. The molecule has 0 aromatic heterocycles. The normalized spacial score (nSPS) is 26.1. The molecule has 1 saturated carbocycles. The summed E-state index contributed by atoms with van der Waals surface area (Å²) in [6.45, 7) is 5.27. The molecule has 1 saturated heterocycles. The summed E-state index contributed by atoms with van der Waals surface area (Å²) in [6, 6.07) is 1.15. The first-order valence-electron chi connectivity index (χ1n) is 6.97. The van der Waals surface area contributed by atoms with E-state index < -0.39 is 0 Å². The van der Waals surface area contributed by atoms with E-state index in [1.807, 2.05) is 0 Å². The highest BCUT2D eigenvalue weighted by Gasteiger charge is 2.29. The fourth-order valence-corrected chi connectivity index (χ4v) is 2.28. The van der Waals surface area contributed by atoms with Crippen molar-refractivity contribution in [2.24, 2.45) is 0 Å². The Bertz CT molecular complexity index is 275. The maximum absolute atomic E-state index is 11.8. The number of nitrogens with one attached hydrogen (secondary N) is 2. The molecule has 2 aliphatic rings. The van der Waals surface area contributed by atoms with Crippen LogP contribution >= 0.6 is 0 Å². The topological polar surface area (TPSA) is 53.6 Å². The Balaban J connectivity index is 1.61. The van der Waals surface area contributed by atoms with E-state index in [2.05, 4.69) is 29.5 Å². The van der Waals surface area contributed by atoms with Crippen molar-refractivity contribution in [2.45, 2.75) is 44.4 Å². The highest BCUT2D eigenvalue weighted by Crippen LogP contribution is 2.26. The Labute approximate surface area is 109 Å². The molecule has 2 N–H and O–H groups in total. The van der Waals surface area contributed by atoms with E-state index in [-0.39, 0.29) is 12.0 Å². The van der Waals surface area contributed by atoms with Crippen molar-refractivity contribution < 1.29 is 9.53 Å². The average Bonchev–Trinajstić information content (AvgIpc) is 3.20. The van der Waals surface area contributed by atoms with Gasteiger partial charge in [-0.1, -0.05) is 0 Å². The standard InChI is InChI=1S/C13H25N3O2/c1-10(16(2)11-3-4-11)8-15-13(17)7-12-9-14-5-6-18-12/h10-12,14H,3-9H2,1-2H3,(H,15,17). The second-order valence-electron chi connectivity index (χ2n) is 5.45. The Morgan fingerprint density at radius 1 is 1.56 bits per heavy atom. The first-order valence-corrected chi connectivity index (χ1v) is 6.97. The molecule has 2 unspecified atom stereocenters. The first kappa shape index (κ1) is 13.8. The van der Waals surface area contributed by atoms with Crippen molar-refractivity contribution in [3.63, 3.8) is 0 Å². The van der Waals surface area contributed by atoms with Crippen LogP contribution < -0.4 is 10.6 Å². The van der Waals surface area contributed by atoms with E-state index in [4.69, 9.17) is 4.74 Å². The van der Waals surface area contributed by atoms with Crippen LogP contribution in [-0.4, -0.2) is 62.3 Å². The molecule has 2 rings (SSSR count). The van der Waals surface area contributed by atoms with Gasteiger partial charge < -0.3 is 15.4 Å². The van der Waals surface area contributed by atoms with Gasteiger partial charge in [-0.2, -0.15) is 0 Å². The van der Waals surface area contributed by atoms with Crippen LogP contribution in [0, 0.1) is 0 Å². The van der Waals surface area contributed by atoms with Gasteiger partial charge in [0.1, 0.15) is 0 Å². The van der Waals surface area contributed by atoms with Gasteiger partial charge in [0.25, 0.3) is 0 Å². The fourth-order valence-electron chi connectivity index (χ4n) is 2.28. The molecule has 18 heavy (non-hydrogen) atoms. The monoisotopic (exact) mass is 255 g/mol. The highest BCUT2D eigenvalue weighted by atomic mass is 16.5. The number of likely N-dealkylation sites (N-methyl/N-ethyl adjacent to an activating group) is 1. The molecule has 0 aromatic carbocycles. The van der Waals surface area contributed by atoms with E-state index in [1.165, 1.54) is 12.8 Å².